The Labute approximate surface area is 168 Å². The van der Waals surface area contributed by atoms with Gasteiger partial charge in [-0.1, -0.05) is 11.6 Å². The lowest BCUT2D eigenvalue weighted by Gasteiger charge is -2.14. The number of fused-ring (bicyclic) bond motifs is 1. The summed E-state index contributed by atoms with van der Waals surface area (Å²) in [6, 6.07) is 6.64. The fraction of sp³-hybridized carbons (Fsp3) is 0.381. The van der Waals surface area contributed by atoms with Gasteiger partial charge >= 0.3 is 0 Å². The Morgan fingerprint density at radius 2 is 1.82 bits per heavy atom. The lowest BCUT2D eigenvalue weighted by Crippen LogP contribution is -2.27. The summed E-state index contributed by atoms with van der Waals surface area (Å²) in [5.74, 6) is 0.844. The maximum atomic E-state index is 12.8. The molecule has 2 aromatic rings. The predicted octanol–water partition coefficient (Wildman–Crippen LogP) is 3.95. The van der Waals surface area contributed by atoms with E-state index in [0.29, 0.717) is 16.3 Å². The average molecular weight is 400 g/mol. The summed E-state index contributed by atoms with van der Waals surface area (Å²) in [7, 11) is 0. The quantitative estimate of drug-likeness (QED) is 0.794. The van der Waals surface area contributed by atoms with Crippen LogP contribution in [0.25, 0.3) is 0 Å². The highest BCUT2D eigenvalue weighted by Crippen LogP contribution is 2.31. The van der Waals surface area contributed by atoms with Crippen LogP contribution in [0.2, 0.25) is 5.02 Å². The molecule has 1 saturated heterocycles. The third kappa shape index (κ3) is 3.56. The molecule has 2 heterocycles. The van der Waals surface area contributed by atoms with Crippen LogP contribution >= 0.6 is 11.6 Å². The number of halogens is 1. The summed E-state index contributed by atoms with van der Waals surface area (Å²) in [6.07, 6.45) is 4.44. The lowest BCUT2D eigenvalue weighted by atomic mass is 9.93. The number of benzene rings is 1. The van der Waals surface area contributed by atoms with E-state index >= 15 is 0 Å². The van der Waals surface area contributed by atoms with Crippen molar-refractivity contribution in [1.29, 1.82) is 0 Å². The second kappa shape index (κ2) is 7.80. The number of nitrogens with one attached hydrogen (secondary N) is 1. The first kappa shape index (κ1) is 18.7. The number of furan rings is 1. The fourth-order valence-corrected chi connectivity index (χ4v) is 3.96. The smallest absolute Gasteiger partial charge is 0.289 e. The van der Waals surface area contributed by atoms with E-state index in [0.717, 1.165) is 67.8 Å². The van der Waals surface area contributed by atoms with Crippen molar-refractivity contribution in [3.63, 3.8) is 0 Å². The van der Waals surface area contributed by atoms with Crippen molar-refractivity contribution in [2.24, 2.45) is 5.10 Å². The van der Waals surface area contributed by atoms with E-state index in [9.17, 15) is 9.59 Å². The Morgan fingerprint density at radius 1 is 1.11 bits per heavy atom. The van der Waals surface area contributed by atoms with E-state index in [1.54, 1.807) is 24.3 Å². The van der Waals surface area contributed by atoms with Gasteiger partial charge in [-0.15, -0.1) is 0 Å². The molecule has 146 valence electrons. The highest BCUT2D eigenvalue weighted by molar-refractivity contribution is 6.30. The second-order valence-corrected chi connectivity index (χ2v) is 7.65. The molecule has 1 aliphatic heterocycles. The van der Waals surface area contributed by atoms with Crippen LogP contribution in [0.5, 0.6) is 0 Å². The predicted molar refractivity (Wildman–Crippen MR) is 107 cm³/mol. The number of amides is 2. The highest BCUT2D eigenvalue weighted by Gasteiger charge is 2.31. The Morgan fingerprint density at radius 3 is 2.54 bits per heavy atom. The molecule has 1 fully saturated rings. The van der Waals surface area contributed by atoms with E-state index < -0.39 is 0 Å². The van der Waals surface area contributed by atoms with Crippen LogP contribution in [0.3, 0.4) is 0 Å². The summed E-state index contributed by atoms with van der Waals surface area (Å²) < 4.78 is 5.95. The van der Waals surface area contributed by atoms with E-state index in [1.165, 1.54) is 0 Å². The van der Waals surface area contributed by atoms with Crippen LogP contribution in [0.4, 0.5) is 0 Å². The number of nitrogens with zero attached hydrogens (tertiary/aromatic N) is 2. The van der Waals surface area contributed by atoms with Gasteiger partial charge in [0.15, 0.2) is 5.76 Å². The number of hydrogen-bond donors (Lipinski definition) is 1. The van der Waals surface area contributed by atoms with Gasteiger partial charge < -0.3 is 9.32 Å². The number of hydrazone groups is 1. The van der Waals surface area contributed by atoms with Gasteiger partial charge in [-0.05, 0) is 56.9 Å². The molecule has 1 aliphatic carbocycles. The zero-order valence-corrected chi connectivity index (χ0v) is 16.5. The van der Waals surface area contributed by atoms with E-state index in [2.05, 4.69) is 10.5 Å². The van der Waals surface area contributed by atoms with Crippen molar-refractivity contribution in [3.8, 4) is 0 Å². The highest BCUT2D eigenvalue weighted by atomic mass is 35.5. The van der Waals surface area contributed by atoms with Gasteiger partial charge in [-0.3, -0.25) is 9.59 Å². The Hall–Kier alpha value is -2.60. The molecule has 28 heavy (non-hydrogen) atoms. The Kier molecular flexibility index (Phi) is 5.22. The zero-order valence-electron chi connectivity index (χ0n) is 15.8. The van der Waals surface area contributed by atoms with E-state index in [4.69, 9.17) is 16.0 Å². The van der Waals surface area contributed by atoms with Gasteiger partial charge in [0.1, 0.15) is 5.76 Å². The molecule has 0 atom stereocenters. The molecular formula is C21H22ClN3O3. The number of carbonyl (C=O) groups is 2. The van der Waals surface area contributed by atoms with Crippen molar-refractivity contribution in [3.05, 3.63) is 57.5 Å². The molecule has 1 N–H and O–H groups in total. The third-order valence-corrected chi connectivity index (χ3v) is 5.56. The van der Waals surface area contributed by atoms with E-state index in [1.807, 2.05) is 11.8 Å². The number of hydrogen-bond acceptors (Lipinski definition) is 4. The summed E-state index contributed by atoms with van der Waals surface area (Å²) >= 11 is 5.86. The molecule has 0 unspecified atom stereocenters. The molecule has 0 saturated carbocycles. The fourth-order valence-electron chi connectivity index (χ4n) is 3.83. The molecule has 2 aliphatic rings. The van der Waals surface area contributed by atoms with E-state index in [-0.39, 0.29) is 11.8 Å². The zero-order chi connectivity index (χ0) is 19.7. The Bertz CT molecular complexity index is 941. The summed E-state index contributed by atoms with van der Waals surface area (Å²) in [5.41, 5.74) is 5.54. The largest absolute Gasteiger partial charge is 0.455 e. The van der Waals surface area contributed by atoms with Gasteiger partial charge in [-0.2, -0.15) is 5.10 Å². The SMILES string of the molecule is Cc1c(C(=O)N2CCCC2)oc2c1/C(=N/NC(=O)c1ccc(Cl)cc1)CCC2. The number of rotatable bonds is 3. The first-order chi connectivity index (χ1) is 13.5. The molecule has 6 nitrogen and oxygen atoms in total. The summed E-state index contributed by atoms with van der Waals surface area (Å²) in [6.45, 7) is 3.46. The topological polar surface area (TPSA) is 74.9 Å². The van der Waals surface area contributed by atoms with Crippen LogP contribution in [-0.4, -0.2) is 35.5 Å². The van der Waals surface area contributed by atoms with Crippen molar-refractivity contribution in [2.75, 3.05) is 13.1 Å². The number of carbonyl (C=O) groups excluding carboxylic acids is 2. The van der Waals surface area contributed by atoms with Crippen molar-refractivity contribution in [2.45, 2.75) is 39.0 Å². The summed E-state index contributed by atoms with van der Waals surface area (Å²) in [5, 5.41) is 4.93. The van der Waals surface area contributed by atoms with Gasteiger partial charge in [-0.25, -0.2) is 5.43 Å². The maximum absolute atomic E-state index is 12.8. The monoisotopic (exact) mass is 399 g/mol. The maximum Gasteiger partial charge on any atom is 0.289 e. The van der Waals surface area contributed by atoms with Crippen LogP contribution in [-0.2, 0) is 6.42 Å². The van der Waals surface area contributed by atoms with Gasteiger partial charge in [0, 0.05) is 41.2 Å². The molecule has 0 radical (unpaired) electrons. The van der Waals surface area contributed by atoms with Crippen molar-refractivity contribution in [1.82, 2.24) is 10.3 Å². The molecule has 1 aromatic carbocycles. The molecule has 4 rings (SSSR count). The molecule has 0 spiro atoms. The average Bonchev–Trinajstić information content (AvgIpc) is 3.35. The normalized spacial score (nSPS) is 17.6. The van der Waals surface area contributed by atoms with Gasteiger partial charge in [0.05, 0.1) is 5.71 Å². The molecule has 0 bridgehead atoms. The Balaban J connectivity index is 1.57. The molecule has 7 heteroatoms. The number of aryl methyl sites for hydroxylation is 1. The van der Waals surface area contributed by atoms with Crippen LogP contribution < -0.4 is 5.43 Å². The molecule has 2 amide bonds. The second-order valence-electron chi connectivity index (χ2n) is 7.21. The first-order valence-corrected chi connectivity index (χ1v) is 9.97. The van der Waals surface area contributed by atoms with Crippen molar-refractivity contribution < 1.29 is 14.0 Å². The standard InChI is InChI=1S/C21H22ClN3O3/c1-13-18-16(23-24-20(26)14-7-9-15(22)10-8-14)5-4-6-17(18)28-19(13)21(27)25-11-2-3-12-25/h7-10H,2-6,11-12H2,1H3,(H,24,26)/b23-16+. The van der Waals surface area contributed by atoms with Crippen LogP contribution in [0, 0.1) is 6.92 Å². The van der Waals surface area contributed by atoms with Crippen LogP contribution in [0.15, 0.2) is 33.8 Å². The molecular weight excluding hydrogens is 378 g/mol. The minimum Gasteiger partial charge on any atom is -0.455 e. The number of likely N-dealkylation sites (tertiary alicyclic amines) is 1. The summed E-state index contributed by atoms with van der Waals surface area (Å²) in [4.78, 5) is 27.0. The first-order valence-electron chi connectivity index (χ1n) is 9.59. The lowest BCUT2D eigenvalue weighted by molar-refractivity contribution is 0.0758. The third-order valence-electron chi connectivity index (χ3n) is 5.31. The minimum atomic E-state index is -0.300. The van der Waals surface area contributed by atoms with Crippen molar-refractivity contribution >= 4 is 29.1 Å². The van der Waals surface area contributed by atoms with Gasteiger partial charge in [0.25, 0.3) is 11.8 Å². The minimum absolute atomic E-state index is 0.0473. The van der Waals surface area contributed by atoms with Gasteiger partial charge in [0.2, 0.25) is 0 Å². The van der Waals surface area contributed by atoms with Crippen LogP contribution in [0.1, 0.15) is 63.5 Å². The molecule has 1 aromatic heterocycles.